The van der Waals surface area contributed by atoms with Crippen LogP contribution in [-0.4, -0.2) is 20.8 Å². The summed E-state index contributed by atoms with van der Waals surface area (Å²) in [5.74, 6) is 0.0107. The molecule has 3 rings (SSSR count). The van der Waals surface area contributed by atoms with Crippen molar-refractivity contribution in [3.63, 3.8) is 0 Å². The number of hydrogen-bond acceptors (Lipinski definition) is 7. The molecule has 0 spiro atoms. The highest BCUT2D eigenvalue weighted by Crippen LogP contribution is 2.35. The molecule has 0 aliphatic heterocycles. The molecule has 3 aromatic rings. The Morgan fingerprint density at radius 1 is 1.07 bits per heavy atom. The lowest BCUT2D eigenvalue weighted by molar-refractivity contribution is -0.385. The smallest absolute Gasteiger partial charge is 0.373 e. The maximum Gasteiger partial charge on any atom is 0.373 e. The van der Waals surface area contributed by atoms with Crippen LogP contribution in [0.2, 0.25) is 0 Å². The quantitative estimate of drug-likeness (QED) is 0.420. The molecule has 0 saturated carbocycles. The first kappa shape index (κ1) is 19.2. The summed E-state index contributed by atoms with van der Waals surface area (Å²) < 4.78 is 6.42. The van der Waals surface area contributed by atoms with Crippen molar-refractivity contribution in [3.05, 3.63) is 69.4 Å². The molecule has 28 heavy (non-hydrogen) atoms. The standard InChI is InChI=1S/C18H14BrN5O4/c1-11(25)22-13-4-6-14(7-5-13)23-17-16(24(26)27)18(21-10-20-17)28-15-8-2-12(19)3-9-15/h2-10H,1H3,(H,22,25)(H,20,21,23). The summed E-state index contributed by atoms with van der Waals surface area (Å²) in [5.41, 5.74) is 0.761. The zero-order valence-electron chi connectivity index (χ0n) is 14.5. The van der Waals surface area contributed by atoms with E-state index in [0.717, 1.165) is 4.47 Å². The third-order valence-corrected chi connectivity index (χ3v) is 4.00. The largest absolute Gasteiger partial charge is 0.434 e. The van der Waals surface area contributed by atoms with Crippen LogP contribution in [0, 0.1) is 10.1 Å². The van der Waals surface area contributed by atoms with Gasteiger partial charge in [-0.15, -0.1) is 0 Å². The van der Waals surface area contributed by atoms with E-state index in [1.165, 1.54) is 13.3 Å². The molecule has 142 valence electrons. The monoisotopic (exact) mass is 443 g/mol. The van der Waals surface area contributed by atoms with Gasteiger partial charge < -0.3 is 15.4 Å². The molecule has 2 N–H and O–H groups in total. The Hall–Kier alpha value is -3.53. The molecule has 10 heteroatoms. The maximum atomic E-state index is 11.6. The Morgan fingerprint density at radius 3 is 2.32 bits per heavy atom. The van der Waals surface area contributed by atoms with Gasteiger partial charge in [0.1, 0.15) is 12.1 Å². The van der Waals surface area contributed by atoms with Gasteiger partial charge in [0.2, 0.25) is 11.7 Å². The Kier molecular flexibility index (Phi) is 5.80. The molecule has 0 aliphatic rings. The molecule has 0 aliphatic carbocycles. The van der Waals surface area contributed by atoms with Crippen molar-refractivity contribution in [1.82, 2.24) is 9.97 Å². The van der Waals surface area contributed by atoms with E-state index in [0.29, 0.717) is 17.1 Å². The van der Waals surface area contributed by atoms with Crippen molar-refractivity contribution >= 4 is 44.7 Å². The van der Waals surface area contributed by atoms with Gasteiger partial charge in [0.25, 0.3) is 0 Å². The van der Waals surface area contributed by atoms with Crippen molar-refractivity contribution in [3.8, 4) is 11.6 Å². The highest BCUT2D eigenvalue weighted by Gasteiger charge is 2.25. The summed E-state index contributed by atoms with van der Waals surface area (Å²) in [4.78, 5) is 29.9. The van der Waals surface area contributed by atoms with Crippen LogP contribution < -0.4 is 15.4 Å². The zero-order chi connectivity index (χ0) is 20.1. The van der Waals surface area contributed by atoms with Crippen LogP contribution in [0.3, 0.4) is 0 Å². The number of nitrogens with zero attached hydrogens (tertiary/aromatic N) is 3. The average molecular weight is 444 g/mol. The molecule has 0 bridgehead atoms. The second-order valence-corrected chi connectivity index (χ2v) is 6.49. The van der Waals surface area contributed by atoms with Gasteiger partial charge in [-0.25, -0.2) is 4.98 Å². The predicted molar refractivity (Wildman–Crippen MR) is 107 cm³/mol. The minimum atomic E-state index is -0.609. The number of benzene rings is 2. The Bertz CT molecular complexity index is 1010. The highest BCUT2D eigenvalue weighted by atomic mass is 79.9. The number of ether oxygens (including phenoxy) is 1. The van der Waals surface area contributed by atoms with Crippen LogP contribution >= 0.6 is 15.9 Å². The van der Waals surface area contributed by atoms with E-state index in [-0.39, 0.29) is 17.6 Å². The van der Waals surface area contributed by atoms with E-state index in [4.69, 9.17) is 4.74 Å². The van der Waals surface area contributed by atoms with Crippen molar-refractivity contribution in [2.24, 2.45) is 0 Å². The third kappa shape index (κ3) is 4.80. The summed E-state index contributed by atoms with van der Waals surface area (Å²) in [6.07, 6.45) is 1.18. The number of amides is 1. The van der Waals surface area contributed by atoms with Gasteiger partial charge in [0, 0.05) is 22.8 Å². The summed E-state index contributed by atoms with van der Waals surface area (Å²) in [5, 5.41) is 17.1. The first-order valence-electron chi connectivity index (χ1n) is 8.00. The number of aromatic nitrogens is 2. The highest BCUT2D eigenvalue weighted by molar-refractivity contribution is 9.10. The SMILES string of the molecule is CC(=O)Nc1ccc(Nc2ncnc(Oc3ccc(Br)cc3)c2[N+](=O)[O-])cc1. The minimum absolute atomic E-state index is 0.0145. The van der Waals surface area contributed by atoms with Gasteiger partial charge in [-0.1, -0.05) is 15.9 Å². The maximum absolute atomic E-state index is 11.6. The number of carbonyl (C=O) groups is 1. The van der Waals surface area contributed by atoms with Crippen molar-refractivity contribution in [1.29, 1.82) is 0 Å². The van der Waals surface area contributed by atoms with E-state index in [9.17, 15) is 14.9 Å². The third-order valence-electron chi connectivity index (χ3n) is 3.47. The van der Waals surface area contributed by atoms with Gasteiger partial charge in [-0.2, -0.15) is 4.98 Å². The first-order valence-corrected chi connectivity index (χ1v) is 8.79. The summed E-state index contributed by atoms with van der Waals surface area (Å²) in [6.45, 7) is 1.41. The number of nitrogens with one attached hydrogen (secondary N) is 2. The minimum Gasteiger partial charge on any atom is -0.434 e. The van der Waals surface area contributed by atoms with Gasteiger partial charge >= 0.3 is 11.6 Å². The van der Waals surface area contributed by atoms with E-state index < -0.39 is 10.6 Å². The first-order chi connectivity index (χ1) is 13.4. The topological polar surface area (TPSA) is 119 Å². The molecule has 0 saturated heterocycles. The molecule has 1 aromatic heterocycles. The molecule has 1 amide bonds. The van der Waals surface area contributed by atoms with E-state index in [1.54, 1.807) is 48.5 Å². The number of rotatable bonds is 6. The molecule has 0 atom stereocenters. The molecule has 0 unspecified atom stereocenters. The molecule has 0 radical (unpaired) electrons. The lowest BCUT2D eigenvalue weighted by atomic mass is 10.2. The molecule has 2 aromatic carbocycles. The van der Waals surface area contributed by atoms with Crippen molar-refractivity contribution in [2.75, 3.05) is 10.6 Å². The fraction of sp³-hybridized carbons (Fsp3) is 0.0556. The Morgan fingerprint density at radius 2 is 1.71 bits per heavy atom. The van der Waals surface area contributed by atoms with Crippen LogP contribution in [0.25, 0.3) is 0 Å². The molecular formula is C18H14BrN5O4. The van der Waals surface area contributed by atoms with Gasteiger partial charge in [0.05, 0.1) is 4.92 Å². The molecular weight excluding hydrogens is 430 g/mol. The lowest BCUT2D eigenvalue weighted by Gasteiger charge is -2.10. The normalized spacial score (nSPS) is 10.2. The summed E-state index contributed by atoms with van der Waals surface area (Å²) in [6, 6.07) is 13.5. The van der Waals surface area contributed by atoms with Crippen LogP contribution in [0.5, 0.6) is 11.6 Å². The van der Waals surface area contributed by atoms with Crippen molar-refractivity contribution in [2.45, 2.75) is 6.92 Å². The van der Waals surface area contributed by atoms with E-state index in [1.807, 2.05) is 0 Å². The Balaban J connectivity index is 1.87. The van der Waals surface area contributed by atoms with Crippen LogP contribution in [0.15, 0.2) is 59.3 Å². The van der Waals surface area contributed by atoms with E-state index >= 15 is 0 Å². The fourth-order valence-electron chi connectivity index (χ4n) is 2.28. The van der Waals surface area contributed by atoms with Gasteiger partial charge in [-0.3, -0.25) is 14.9 Å². The number of nitro groups is 1. The molecule has 0 fully saturated rings. The fourth-order valence-corrected chi connectivity index (χ4v) is 2.55. The van der Waals surface area contributed by atoms with Crippen LogP contribution in [-0.2, 0) is 4.79 Å². The Labute approximate surface area is 168 Å². The van der Waals surface area contributed by atoms with Gasteiger partial charge in [0.15, 0.2) is 0 Å². The number of carbonyl (C=O) groups excluding carboxylic acids is 1. The van der Waals surface area contributed by atoms with Crippen LogP contribution in [0.1, 0.15) is 6.92 Å². The van der Waals surface area contributed by atoms with Gasteiger partial charge in [-0.05, 0) is 48.5 Å². The molecule has 9 nitrogen and oxygen atoms in total. The number of hydrogen-bond donors (Lipinski definition) is 2. The van der Waals surface area contributed by atoms with Crippen LogP contribution in [0.4, 0.5) is 22.9 Å². The summed E-state index contributed by atoms with van der Waals surface area (Å²) >= 11 is 3.31. The number of anilines is 3. The predicted octanol–water partition coefficient (Wildman–Crippen LogP) is 4.64. The van der Waals surface area contributed by atoms with Crippen molar-refractivity contribution < 1.29 is 14.5 Å². The summed E-state index contributed by atoms with van der Waals surface area (Å²) in [7, 11) is 0. The second-order valence-electron chi connectivity index (χ2n) is 5.57. The molecule has 1 heterocycles. The second kappa shape index (κ2) is 8.44. The zero-order valence-corrected chi connectivity index (χ0v) is 16.1. The average Bonchev–Trinajstić information content (AvgIpc) is 2.65. The lowest BCUT2D eigenvalue weighted by Crippen LogP contribution is -2.06. The van der Waals surface area contributed by atoms with E-state index in [2.05, 4.69) is 36.5 Å². The number of halogens is 1.